The molecule has 25 heteroatoms. The molecular formula is C37H52O25. The van der Waals surface area contributed by atoms with Crippen LogP contribution in [0.15, 0.2) is 0 Å². The van der Waals surface area contributed by atoms with Crippen LogP contribution in [0.25, 0.3) is 0 Å². The van der Waals surface area contributed by atoms with Gasteiger partial charge in [0.05, 0.1) is 13.2 Å². The summed E-state index contributed by atoms with van der Waals surface area (Å²) < 4.78 is 84.7. The average molecular weight is 897 g/mol. The van der Waals surface area contributed by atoms with Crippen molar-refractivity contribution in [2.45, 2.75) is 154 Å². The van der Waals surface area contributed by atoms with Gasteiger partial charge in [-0.2, -0.15) is 0 Å². The molecule has 0 bridgehead atoms. The molecule has 0 spiro atoms. The largest absolute Gasteiger partial charge is 0.463 e. The van der Waals surface area contributed by atoms with Crippen LogP contribution in [-0.4, -0.2) is 178 Å². The first-order chi connectivity index (χ1) is 29.1. The smallest absolute Gasteiger partial charge is 0.303 e. The Balaban J connectivity index is 2.17. The molecular weight excluding hydrogens is 844 g/mol. The van der Waals surface area contributed by atoms with E-state index in [-0.39, 0.29) is 0 Å². The van der Waals surface area contributed by atoms with Gasteiger partial charge in [0.15, 0.2) is 67.7 Å². The zero-order valence-corrected chi connectivity index (χ0v) is 35.5. The van der Waals surface area contributed by atoms with E-state index in [2.05, 4.69) is 0 Å². The molecule has 15 atom stereocenters. The summed E-state index contributed by atoms with van der Waals surface area (Å²) in [6, 6.07) is 0. The van der Waals surface area contributed by atoms with E-state index in [1.165, 1.54) is 0 Å². The summed E-state index contributed by atoms with van der Waals surface area (Å²) in [7, 11) is 1.14. The molecule has 0 unspecified atom stereocenters. The minimum Gasteiger partial charge on any atom is -0.463 e. The monoisotopic (exact) mass is 896 g/mol. The molecule has 0 aromatic heterocycles. The third-order valence-electron chi connectivity index (χ3n) is 8.77. The number of esters is 9. The number of hydrogen-bond donors (Lipinski definition) is 1. The Morgan fingerprint density at radius 3 is 1.11 bits per heavy atom. The number of carbonyl (C=O) groups excluding carboxylic acids is 9. The Morgan fingerprint density at radius 2 is 0.710 bits per heavy atom. The van der Waals surface area contributed by atoms with Crippen LogP contribution in [-0.2, 0) is 114 Å². The maximum atomic E-state index is 12.8. The average Bonchev–Trinajstić information content (AvgIpc) is 3.14. The van der Waals surface area contributed by atoms with Crippen molar-refractivity contribution in [2.24, 2.45) is 0 Å². The van der Waals surface area contributed by atoms with E-state index in [0.717, 1.165) is 69.4 Å². The van der Waals surface area contributed by atoms with E-state index >= 15 is 0 Å². The zero-order chi connectivity index (χ0) is 46.6. The lowest BCUT2D eigenvalue weighted by Crippen LogP contribution is -2.67. The Morgan fingerprint density at radius 1 is 0.387 bits per heavy atom. The van der Waals surface area contributed by atoms with Gasteiger partial charge in [-0.05, 0) is 0 Å². The Bertz CT molecular complexity index is 1630. The van der Waals surface area contributed by atoms with Crippen LogP contribution >= 0.6 is 0 Å². The highest BCUT2D eigenvalue weighted by atomic mass is 16.8. The van der Waals surface area contributed by atoms with Gasteiger partial charge in [-0.25, -0.2) is 0 Å². The maximum absolute atomic E-state index is 12.8. The van der Waals surface area contributed by atoms with Crippen LogP contribution < -0.4 is 0 Å². The molecule has 0 aromatic rings. The highest BCUT2D eigenvalue weighted by Crippen LogP contribution is 2.36. The molecule has 350 valence electrons. The zero-order valence-electron chi connectivity index (χ0n) is 35.5. The maximum Gasteiger partial charge on any atom is 0.303 e. The van der Waals surface area contributed by atoms with Gasteiger partial charge < -0.3 is 76.2 Å². The molecule has 0 radical (unpaired) electrons. The Hall–Kier alpha value is -5.05. The van der Waals surface area contributed by atoms with E-state index in [0.29, 0.717) is 0 Å². The van der Waals surface area contributed by atoms with E-state index in [4.69, 9.17) is 71.1 Å². The highest BCUT2D eigenvalue weighted by Gasteiger charge is 2.58. The van der Waals surface area contributed by atoms with Gasteiger partial charge in [-0.3, -0.25) is 43.2 Å². The predicted molar refractivity (Wildman–Crippen MR) is 192 cm³/mol. The number of ether oxygens (including phenoxy) is 15. The summed E-state index contributed by atoms with van der Waals surface area (Å²) in [5.41, 5.74) is 0. The van der Waals surface area contributed by atoms with Gasteiger partial charge in [0.1, 0.15) is 31.0 Å². The van der Waals surface area contributed by atoms with Crippen molar-refractivity contribution in [3.05, 3.63) is 0 Å². The van der Waals surface area contributed by atoms with Gasteiger partial charge in [0, 0.05) is 69.4 Å². The Labute approximate surface area is 354 Å². The summed E-state index contributed by atoms with van der Waals surface area (Å²) in [5.74, 6) is -8.25. The third-order valence-corrected chi connectivity index (χ3v) is 8.77. The molecule has 0 aliphatic carbocycles. The Kier molecular flexibility index (Phi) is 19.4. The van der Waals surface area contributed by atoms with Gasteiger partial charge in [0.25, 0.3) is 0 Å². The molecule has 0 amide bonds. The van der Waals surface area contributed by atoms with Crippen LogP contribution in [0.4, 0.5) is 0 Å². The number of carbonyl (C=O) groups is 9. The van der Waals surface area contributed by atoms with Crippen molar-refractivity contribution in [2.75, 3.05) is 26.9 Å². The molecule has 3 aliphatic rings. The number of aliphatic hydroxyl groups excluding tert-OH is 1. The SMILES string of the molecule is CO[C@H]1O[C@H](CO[C@@H]2O[C@H](CO)[C@@H](OC(C)=O)[C@H](OC(C)=O)[C@H]2OC(C)=O)[C@@H](OC(C)=O)[C@H](O[C@@H]2O[C@H](COC(C)=O)[C@@H](OC(C)=O)[C@H](OC(C)=O)[C@H]2OC(C)=O)[C@H]1OC(C)=O. The standard InChI is InChI=1S/C37H52O25/c1-14(39)49-12-24-27(52-16(3)41)30(55-19(6)44)34(58-22(9)47)37(61-24)62-31-28(53-17(4)42)25(60-35(48-10)32(31)56-20(7)45)13-50-36-33(57-21(8)46)29(54-18(5)43)26(51-15(2)40)23(11-38)59-36/h23-38H,11-13H2,1-10H3/t23-,24-,25-,26-,27-,28-,29+,30+,31+,32-,33-,34-,35+,36-,37+/m1/s1. The fourth-order valence-corrected chi connectivity index (χ4v) is 6.79. The van der Waals surface area contributed by atoms with Crippen molar-refractivity contribution < 1.29 is 119 Å². The second-order valence-electron chi connectivity index (χ2n) is 13.9. The second kappa shape index (κ2) is 23.4. The summed E-state index contributed by atoms with van der Waals surface area (Å²) in [6.07, 6.45) is -24.8. The number of hydrogen-bond acceptors (Lipinski definition) is 25. The third kappa shape index (κ3) is 14.5. The summed E-state index contributed by atoms with van der Waals surface area (Å²) in [4.78, 5) is 111. The second-order valence-corrected chi connectivity index (χ2v) is 13.9. The van der Waals surface area contributed by atoms with Gasteiger partial charge in [-0.1, -0.05) is 0 Å². The normalized spacial score (nSPS) is 33.0. The number of aliphatic hydroxyl groups is 1. The fourth-order valence-electron chi connectivity index (χ4n) is 6.79. The molecule has 3 rings (SSSR count). The van der Waals surface area contributed by atoms with Crippen LogP contribution in [0.3, 0.4) is 0 Å². The van der Waals surface area contributed by atoms with Crippen molar-refractivity contribution >= 4 is 53.7 Å². The molecule has 3 fully saturated rings. The minimum atomic E-state index is -1.92. The van der Waals surface area contributed by atoms with Gasteiger partial charge in [-0.15, -0.1) is 0 Å². The van der Waals surface area contributed by atoms with Crippen LogP contribution in [0.1, 0.15) is 62.3 Å². The molecule has 3 heterocycles. The van der Waals surface area contributed by atoms with Gasteiger partial charge in [0.2, 0.25) is 0 Å². The lowest BCUT2D eigenvalue weighted by atomic mass is 9.95. The van der Waals surface area contributed by atoms with Crippen LogP contribution in [0.5, 0.6) is 0 Å². The lowest BCUT2D eigenvalue weighted by Gasteiger charge is -2.49. The molecule has 1 N–H and O–H groups in total. The van der Waals surface area contributed by atoms with Crippen molar-refractivity contribution in [1.29, 1.82) is 0 Å². The van der Waals surface area contributed by atoms with Crippen molar-refractivity contribution in [1.82, 2.24) is 0 Å². The minimum absolute atomic E-state index is 0.643. The molecule has 0 saturated carbocycles. The first-order valence-corrected chi connectivity index (χ1v) is 18.9. The quantitative estimate of drug-likeness (QED) is 0.125. The number of rotatable bonds is 17. The predicted octanol–water partition coefficient (Wildman–Crippen LogP) is -1.78. The molecule has 0 aromatic carbocycles. The fraction of sp³-hybridized carbons (Fsp3) is 0.757. The van der Waals surface area contributed by atoms with Crippen LogP contribution in [0, 0.1) is 0 Å². The summed E-state index contributed by atoms with van der Waals surface area (Å²) >= 11 is 0. The molecule has 3 saturated heterocycles. The molecule has 3 aliphatic heterocycles. The lowest BCUT2D eigenvalue weighted by molar-refractivity contribution is -0.365. The molecule has 25 nitrogen and oxygen atoms in total. The van der Waals surface area contributed by atoms with Crippen molar-refractivity contribution in [3.63, 3.8) is 0 Å². The first kappa shape index (κ1) is 51.3. The van der Waals surface area contributed by atoms with E-state index < -0.39 is 166 Å². The van der Waals surface area contributed by atoms with Crippen LogP contribution in [0.2, 0.25) is 0 Å². The topological polar surface area (TPSA) is 312 Å². The number of methoxy groups -OCH3 is 1. The van der Waals surface area contributed by atoms with Crippen molar-refractivity contribution in [3.8, 4) is 0 Å². The van der Waals surface area contributed by atoms with E-state index in [9.17, 15) is 48.3 Å². The summed E-state index contributed by atoms with van der Waals surface area (Å²) in [5, 5.41) is 10.2. The summed E-state index contributed by atoms with van der Waals surface area (Å²) in [6.45, 7) is 6.94. The van der Waals surface area contributed by atoms with Gasteiger partial charge >= 0.3 is 53.7 Å². The first-order valence-electron chi connectivity index (χ1n) is 18.9. The van der Waals surface area contributed by atoms with E-state index in [1.54, 1.807) is 0 Å². The highest BCUT2D eigenvalue weighted by molar-refractivity contribution is 5.70. The molecule has 62 heavy (non-hydrogen) atoms. The van der Waals surface area contributed by atoms with E-state index in [1.807, 2.05) is 0 Å².